The number of alkyl halides is 3. The molecule has 1 rings (SSSR count). The number of guanidine groups is 1. The highest BCUT2D eigenvalue weighted by atomic mass is 19.4. The highest BCUT2D eigenvalue weighted by Gasteiger charge is 2.33. The number of hydrogen-bond acceptors (Lipinski definition) is 4. The zero-order valence-electron chi connectivity index (χ0n) is 13.4. The van der Waals surface area contributed by atoms with Gasteiger partial charge in [0, 0.05) is 39.5 Å². The molecule has 0 saturated carbocycles. The molecular formula is C14H22F3N5O. The number of ether oxygens (including phenoxy) is 1. The normalized spacial score (nSPS) is 13.6. The molecule has 0 radical (unpaired) electrons. The number of anilines is 1. The lowest BCUT2D eigenvalue weighted by molar-refractivity contribution is -0.137. The lowest BCUT2D eigenvalue weighted by Crippen LogP contribution is -2.45. The summed E-state index contributed by atoms with van der Waals surface area (Å²) in [4.78, 5) is 7.76. The zero-order valence-corrected chi connectivity index (χ0v) is 13.4. The summed E-state index contributed by atoms with van der Waals surface area (Å²) < 4.78 is 43.5. The summed E-state index contributed by atoms with van der Waals surface area (Å²) in [5.41, 5.74) is -0.781. The Hall–Kier alpha value is -2.03. The quantitative estimate of drug-likeness (QED) is 0.403. The van der Waals surface area contributed by atoms with Gasteiger partial charge in [-0.3, -0.25) is 4.99 Å². The van der Waals surface area contributed by atoms with Gasteiger partial charge < -0.3 is 20.7 Å². The molecule has 1 heterocycles. The van der Waals surface area contributed by atoms with Crippen LogP contribution < -0.4 is 16.0 Å². The summed E-state index contributed by atoms with van der Waals surface area (Å²) in [5.74, 6) is 0.367. The van der Waals surface area contributed by atoms with Crippen LogP contribution in [-0.2, 0) is 10.9 Å². The van der Waals surface area contributed by atoms with Crippen LogP contribution in [0.4, 0.5) is 19.0 Å². The number of aliphatic imine (C=N–C) groups is 1. The number of hydrogen-bond donors (Lipinski definition) is 3. The Morgan fingerprint density at radius 2 is 2.13 bits per heavy atom. The van der Waals surface area contributed by atoms with Gasteiger partial charge in [0.2, 0.25) is 0 Å². The topological polar surface area (TPSA) is 70.6 Å². The number of aromatic nitrogens is 1. The van der Waals surface area contributed by atoms with E-state index in [1.165, 1.54) is 12.3 Å². The third-order valence-corrected chi connectivity index (χ3v) is 2.85. The first-order valence-electron chi connectivity index (χ1n) is 7.10. The van der Waals surface area contributed by atoms with E-state index in [1.54, 1.807) is 14.2 Å². The van der Waals surface area contributed by atoms with Crippen molar-refractivity contribution in [2.24, 2.45) is 4.99 Å². The summed E-state index contributed by atoms with van der Waals surface area (Å²) >= 11 is 0. The maximum Gasteiger partial charge on any atom is 0.419 e. The fourth-order valence-electron chi connectivity index (χ4n) is 1.86. The second kappa shape index (κ2) is 9.19. The number of nitrogens with zero attached hydrogens (tertiary/aromatic N) is 2. The van der Waals surface area contributed by atoms with E-state index >= 15 is 0 Å². The van der Waals surface area contributed by atoms with Crippen molar-refractivity contribution < 1.29 is 17.9 Å². The average molecular weight is 333 g/mol. The Kier molecular flexibility index (Phi) is 7.60. The highest BCUT2D eigenvalue weighted by molar-refractivity contribution is 5.79. The van der Waals surface area contributed by atoms with Crippen molar-refractivity contribution in [3.63, 3.8) is 0 Å². The fourth-order valence-corrected chi connectivity index (χ4v) is 1.86. The standard InChI is InChI=1S/C14H22F3N5O/c1-10(9-23-3)22-13(18-2)21-8-7-20-12-11(14(15,16)17)5-4-6-19-12/h4-6,10H,7-9H2,1-3H3,(H,19,20)(H2,18,21,22). The maximum atomic E-state index is 12.8. The second-order valence-corrected chi connectivity index (χ2v) is 4.82. The summed E-state index contributed by atoms with van der Waals surface area (Å²) in [5, 5.41) is 8.77. The first kappa shape index (κ1) is 19.0. The maximum absolute atomic E-state index is 12.8. The van der Waals surface area contributed by atoms with Crippen LogP contribution in [0.5, 0.6) is 0 Å². The largest absolute Gasteiger partial charge is 0.419 e. The number of nitrogens with one attached hydrogen (secondary N) is 3. The van der Waals surface area contributed by atoms with Crippen LogP contribution in [0.15, 0.2) is 23.3 Å². The Balaban J connectivity index is 2.46. The van der Waals surface area contributed by atoms with Gasteiger partial charge in [-0.2, -0.15) is 13.2 Å². The van der Waals surface area contributed by atoms with Gasteiger partial charge in [0.25, 0.3) is 0 Å². The van der Waals surface area contributed by atoms with Crippen LogP contribution in [0.2, 0.25) is 0 Å². The van der Waals surface area contributed by atoms with Crippen molar-refractivity contribution in [2.75, 3.05) is 39.2 Å². The summed E-state index contributed by atoms with van der Waals surface area (Å²) in [6.45, 7) is 3.09. The molecule has 0 aliphatic heterocycles. The first-order valence-corrected chi connectivity index (χ1v) is 7.10. The lowest BCUT2D eigenvalue weighted by Gasteiger charge is -2.18. The van der Waals surface area contributed by atoms with E-state index in [2.05, 4.69) is 25.9 Å². The Bertz CT molecular complexity index is 507. The minimum atomic E-state index is -4.43. The van der Waals surface area contributed by atoms with Crippen LogP contribution in [0.25, 0.3) is 0 Å². The molecule has 3 N–H and O–H groups in total. The van der Waals surface area contributed by atoms with Crippen LogP contribution in [0.3, 0.4) is 0 Å². The molecule has 0 saturated heterocycles. The van der Waals surface area contributed by atoms with Crippen molar-refractivity contribution in [1.29, 1.82) is 0 Å². The van der Waals surface area contributed by atoms with Crippen LogP contribution in [0, 0.1) is 0 Å². The van der Waals surface area contributed by atoms with E-state index in [1.807, 2.05) is 6.92 Å². The van der Waals surface area contributed by atoms with E-state index in [9.17, 15) is 13.2 Å². The van der Waals surface area contributed by atoms with E-state index in [0.29, 0.717) is 19.1 Å². The molecule has 130 valence electrons. The first-order chi connectivity index (χ1) is 10.9. The molecule has 0 aliphatic carbocycles. The molecule has 6 nitrogen and oxygen atoms in total. The molecule has 1 aromatic rings. The van der Waals surface area contributed by atoms with Gasteiger partial charge in [0.15, 0.2) is 5.96 Å². The molecule has 0 aromatic carbocycles. The third kappa shape index (κ3) is 6.72. The summed E-state index contributed by atoms with van der Waals surface area (Å²) in [6, 6.07) is 2.32. The molecule has 1 aromatic heterocycles. The van der Waals surface area contributed by atoms with Crippen LogP contribution in [0.1, 0.15) is 12.5 Å². The SMILES string of the molecule is CN=C(NCCNc1ncccc1C(F)(F)F)NC(C)COC. The molecule has 0 bridgehead atoms. The van der Waals surface area contributed by atoms with Gasteiger partial charge in [0.1, 0.15) is 5.82 Å². The van der Waals surface area contributed by atoms with Gasteiger partial charge in [-0.25, -0.2) is 4.98 Å². The molecule has 9 heteroatoms. The highest BCUT2D eigenvalue weighted by Crippen LogP contribution is 2.33. The van der Waals surface area contributed by atoms with Gasteiger partial charge in [0.05, 0.1) is 12.2 Å². The second-order valence-electron chi connectivity index (χ2n) is 4.82. The van der Waals surface area contributed by atoms with Crippen molar-refractivity contribution in [1.82, 2.24) is 15.6 Å². The molecule has 0 fully saturated rings. The number of rotatable bonds is 7. The number of pyridine rings is 1. The van der Waals surface area contributed by atoms with Gasteiger partial charge in [-0.1, -0.05) is 0 Å². The monoisotopic (exact) mass is 333 g/mol. The lowest BCUT2D eigenvalue weighted by atomic mass is 10.2. The average Bonchev–Trinajstić information content (AvgIpc) is 2.50. The zero-order chi connectivity index (χ0) is 17.3. The predicted molar refractivity (Wildman–Crippen MR) is 83.6 cm³/mol. The van der Waals surface area contributed by atoms with Crippen LogP contribution in [-0.4, -0.2) is 50.8 Å². The van der Waals surface area contributed by atoms with Gasteiger partial charge in [-0.15, -0.1) is 0 Å². The fraction of sp³-hybridized carbons (Fsp3) is 0.571. The number of methoxy groups -OCH3 is 1. The van der Waals surface area contributed by atoms with Crippen molar-refractivity contribution in [3.8, 4) is 0 Å². The molecule has 0 spiro atoms. The van der Waals surface area contributed by atoms with E-state index in [0.717, 1.165) is 6.07 Å². The van der Waals surface area contributed by atoms with E-state index < -0.39 is 11.7 Å². The Morgan fingerprint density at radius 1 is 1.39 bits per heavy atom. The molecule has 1 atom stereocenters. The van der Waals surface area contributed by atoms with Crippen molar-refractivity contribution in [2.45, 2.75) is 19.1 Å². The molecule has 0 amide bonds. The summed E-state index contributed by atoms with van der Waals surface area (Å²) in [7, 11) is 3.21. The molecule has 23 heavy (non-hydrogen) atoms. The van der Waals surface area contributed by atoms with E-state index in [-0.39, 0.29) is 18.4 Å². The smallest absolute Gasteiger partial charge is 0.383 e. The minimum absolute atomic E-state index is 0.0618. The van der Waals surface area contributed by atoms with E-state index in [4.69, 9.17) is 4.74 Å². The van der Waals surface area contributed by atoms with Crippen molar-refractivity contribution in [3.05, 3.63) is 23.9 Å². The van der Waals surface area contributed by atoms with Crippen molar-refractivity contribution >= 4 is 11.8 Å². The Morgan fingerprint density at radius 3 is 2.74 bits per heavy atom. The minimum Gasteiger partial charge on any atom is -0.383 e. The number of halogens is 3. The third-order valence-electron chi connectivity index (χ3n) is 2.85. The molecule has 0 aliphatic rings. The van der Waals surface area contributed by atoms with Gasteiger partial charge in [-0.05, 0) is 19.1 Å². The van der Waals surface area contributed by atoms with Gasteiger partial charge >= 0.3 is 6.18 Å². The predicted octanol–water partition coefficient (Wildman–Crippen LogP) is 1.71. The van der Waals surface area contributed by atoms with Crippen LogP contribution >= 0.6 is 0 Å². The molecular weight excluding hydrogens is 311 g/mol. The Labute approximate surface area is 133 Å². The molecule has 1 unspecified atom stereocenters. The summed E-state index contributed by atoms with van der Waals surface area (Å²) in [6.07, 6.45) is -3.12.